The van der Waals surface area contributed by atoms with Crippen molar-refractivity contribution >= 4 is 21.8 Å². The van der Waals surface area contributed by atoms with Crippen LogP contribution in [0.4, 0.5) is 0 Å². The van der Waals surface area contributed by atoms with Gasteiger partial charge >= 0.3 is 0 Å². The molecular weight excluding hydrogens is 284 g/mol. The third-order valence-electron chi connectivity index (χ3n) is 2.54. The van der Waals surface area contributed by atoms with Gasteiger partial charge < -0.3 is 10.0 Å². The van der Waals surface area contributed by atoms with E-state index in [-0.39, 0.29) is 17.2 Å². The van der Waals surface area contributed by atoms with Gasteiger partial charge in [0.25, 0.3) is 5.91 Å². The lowest BCUT2D eigenvalue weighted by atomic mass is 10.1. The number of phenolic OH excluding ortho intramolecular Hbond substituents is 1. The second-order valence-corrected chi connectivity index (χ2v) is 4.50. The van der Waals surface area contributed by atoms with Crippen molar-refractivity contribution in [3.63, 3.8) is 0 Å². The number of nitrogens with zero attached hydrogens (tertiary/aromatic N) is 2. The SMILES string of the molecule is N#Cc1cc(C(=O)N2CC=CC2)cc(Br)c1O. The first-order chi connectivity index (χ1) is 8.13. The Labute approximate surface area is 107 Å². The Hall–Kier alpha value is -1.80. The fourth-order valence-corrected chi connectivity index (χ4v) is 2.09. The first-order valence-corrected chi connectivity index (χ1v) is 5.79. The first-order valence-electron chi connectivity index (χ1n) is 5.00. The Balaban J connectivity index is 2.36. The molecule has 1 N–H and O–H groups in total. The number of carbonyl (C=O) groups is 1. The van der Waals surface area contributed by atoms with Gasteiger partial charge in [-0.05, 0) is 28.1 Å². The third-order valence-corrected chi connectivity index (χ3v) is 3.14. The Morgan fingerprint density at radius 3 is 2.65 bits per heavy atom. The maximum atomic E-state index is 12.1. The molecule has 0 saturated carbocycles. The highest BCUT2D eigenvalue weighted by Gasteiger charge is 2.19. The molecule has 1 aliphatic rings. The first kappa shape index (κ1) is 11.7. The fourth-order valence-electron chi connectivity index (χ4n) is 1.63. The maximum absolute atomic E-state index is 12.1. The number of carbonyl (C=O) groups excluding carboxylic acids is 1. The van der Waals surface area contributed by atoms with Crippen molar-refractivity contribution in [1.29, 1.82) is 5.26 Å². The molecule has 17 heavy (non-hydrogen) atoms. The molecule has 5 heteroatoms. The van der Waals surface area contributed by atoms with Gasteiger partial charge in [0, 0.05) is 18.7 Å². The minimum atomic E-state index is -0.146. The molecule has 0 fully saturated rings. The van der Waals surface area contributed by atoms with E-state index < -0.39 is 0 Å². The van der Waals surface area contributed by atoms with Crippen LogP contribution in [0.25, 0.3) is 0 Å². The predicted octanol–water partition coefficient (Wildman–Crippen LogP) is 2.04. The van der Waals surface area contributed by atoms with Crippen LogP contribution in [0.3, 0.4) is 0 Å². The number of amides is 1. The zero-order valence-corrected chi connectivity index (χ0v) is 10.4. The summed E-state index contributed by atoms with van der Waals surface area (Å²) < 4.78 is 0.354. The second-order valence-electron chi connectivity index (χ2n) is 3.65. The molecule has 86 valence electrons. The molecule has 1 heterocycles. The normalized spacial score (nSPS) is 13.8. The molecule has 0 aromatic heterocycles. The van der Waals surface area contributed by atoms with Crippen molar-refractivity contribution in [3.05, 3.63) is 39.9 Å². The predicted molar refractivity (Wildman–Crippen MR) is 65.6 cm³/mol. The summed E-state index contributed by atoms with van der Waals surface area (Å²) in [5.41, 5.74) is 0.491. The molecule has 4 nitrogen and oxygen atoms in total. The monoisotopic (exact) mass is 292 g/mol. The van der Waals surface area contributed by atoms with E-state index in [1.54, 1.807) is 4.90 Å². The fraction of sp³-hybridized carbons (Fsp3) is 0.167. The van der Waals surface area contributed by atoms with Gasteiger partial charge in [-0.15, -0.1) is 0 Å². The molecule has 0 unspecified atom stereocenters. The number of phenols is 1. The lowest BCUT2D eigenvalue weighted by Crippen LogP contribution is -2.28. The molecule has 0 radical (unpaired) electrons. The summed E-state index contributed by atoms with van der Waals surface area (Å²) in [6, 6.07) is 4.78. The number of aromatic hydroxyl groups is 1. The topological polar surface area (TPSA) is 64.3 Å². The van der Waals surface area contributed by atoms with Crippen molar-refractivity contribution in [1.82, 2.24) is 4.90 Å². The van der Waals surface area contributed by atoms with Crippen LogP contribution in [0.5, 0.6) is 5.75 Å². The van der Waals surface area contributed by atoms with Gasteiger partial charge in [0.05, 0.1) is 10.0 Å². The Morgan fingerprint density at radius 2 is 2.06 bits per heavy atom. The highest BCUT2D eigenvalue weighted by atomic mass is 79.9. The molecule has 1 aromatic carbocycles. The van der Waals surface area contributed by atoms with Crippen LogP contribution >= 0.6 is 15.9 Å². The van der Waals surface area contributed by atoms with E-state index in [9.17, 15) is 9.90 Å². The molecule has 0 spiro atoms. The largest absolute Gasteiger partial charge is 0.505 e. The number of benzene rings is 1. The van der Waals surface area contributed by atoms with Gasteiger partial charge in [-0.25, -0.2) is 0 Å². The van der Waals surface area contributed by atoms with Crippen LogP contribution in [-0.4, -0.2) is 29.0 Å². The molecule has 1 aromatic rings. The van der Waals surface area contributed by atoms with Gasteiger partial charge in [-0.2, -0.15) is 5.26 Å². The van der Waals surface area contributed by atoms with Crippen LogP contribution in [-0.2, 0) is 0 Å². The highest BCUT2D eigenvalue weighted by molar-refractivity contribution is 9.10. The van der Waals surface area contributed by atoms with Crippen LogP contribution in [0.15, 0.2) is 28.8 Å². The van der Waals surface area contributed by atoms with E-state index in [2.05, 4.69) is 15.9 Å². The zero-order chi connectivity index (χ0) is 12.4. The summed E-state index contributed by atoms with van der Waals surface area (Å²) in [5, 5.41) is 18.4. The summed E-state index contributed by atoms with van der Waals surface area (Å²) in [6.07, 6.45) is 3.83. The smallest absolute Gasteiger partial charge is 0.254 e. The zero-order valence-electron chi connectivity index (χ0n) is 8.85. The summed E-state index contributed by atoms with van der Waals surface area (Å²) in [7, 11) is 0. The van der Waals surface area contributed by atoms with Crippen molar-refractivity contribution in [2.45, 2.75) is 0 Å². The Bertz CT molecular complexity index is 538. The van der Waals surface area contributed by atoms with Crippen molar-refractivity contribution in [2.24, 2.45) is 0 Å². The van der Waals surface area contributed by atoms with E-state index in [1.165, 1.54) is 12.1 Å². The Kier molecular flexibility index (Phi) is 3.16. The number of rotatable bonds is 1. The number of hydrogen-bond donors (Lipinski definition) is 1. The summed E-state index contributed by atoms with van der Waals surface area (Å²) in [4.78, 5) is 13.7. The molecule has 0 atom stereocenters. The molecule has 0 aliphatic carbocycles. The minimum absolute atomic E-state index is 0.0925. The number of nitriles is 1. The van der Waals surface area contributed by atoms with E-state index in [0.29, 0.717) is 23.1 Å². The van der Waals surface area contributed by atoms with E-state index >= 15 is 0 Å². The Morgan fingerprint density at radius 1 is 1.41 bits per heavy atom. The molecule has 2 rings (SSSR count). The van der Waals surface area contributed by atoms with Crippen LogP contribution < -0.4 is 0 Å². The lowest BCUT2D eigenvalue weighted by molar-refractivity contribution is 0.0800. The number of hydrogen-bond acceptors (Lipinski definition) is 3. The molecular formula is C12H9BrN2O2. The summed E-state index contributed by atoms with van der Waals surface area (Å²) in [6.45, 7) is 1.17. The molecule has 0 bridgehead atoms. The van der Waals surface area contributed by atoms with Gasteiger partial charge in [0.2, 0.25) is 0 Å². The lowest BCUT2D eigenvalue weighted by Gasteiger charge is -2.15. The van der Waals surface area contributed by atoms with Crippen molar-refractivity contribution in [2.75, 3.05) is 13.1 Å². The van der Waals surface area contributed by atoms with Crippen LogP contribution in [0.1, 0.15) is 15.9 Å². The standard InChI is InChI=1S/C12H9BrN2O2/c13-10-6-8(5-9(7-14)11(10)16)12(17)15-3-1-2-4-15/h1-2,5-6,16H,3-4H2. The van der Waals surface area contributed by atoms with E-state index in [0.717, 1.165) is 0 Å². The van der Waals surface area contributed by atoms with Crippen molar-refractivity contribution < 1.29 is 9.90 Å². The average Bonchev–Trinajstić information content (AvgIpc) is 2.85. The summed E-state index contributed by atoms with van der Waals surface area (Å²) in [5.74, 6) is -0.282. The molecule has 0 saturated heterocycles. The minimum Gasteiger partial charge on any atom is -0.505 e. The van der Waals surface area contributed by atoms with Gasteiger partial charge in [0.15, 0.2) is 0 Å². The molecule has 1 amide bonds. The van der Waals surface area contributed by atoms with Crippen LogP contribution in [0, 0.1) is 11.3 Å². The van der Waals surface area contributed by atoms with E-state index in [1.807, 2.05) is 18.2 Å². The maximum Gasteiger partial charge on any atom is 0.254 e. The third kappa shape index (κ3) is 2.17. The second kappa shape index (κ2) is 4.60. The summed E-state index contributed by atoms with van der Waals surface area (Å²) >= 11 is 3.13. The van der Waals surface area contributed by atoms with Gasteiger partial charge in [-0.1, -0.05) is 12.2 Å². The highest BCUT2D eigenvalue weighted by Crippen LogP contribution is 2.29. The van der Waals surface area contributed by atoms with Gasteiger partial charge in [-0.3, -0.25) is 4.79 Å². The number of halogens is 1. The quantitative estimate of drug-likeness (QED) is 0.806. The van der Waals surface area contributed by atoms with E-state index in [4.69, 9.17) is 5.26 Å². The van der Waals surface area contributed by atoms with Crippen molar-refractivity contribution in [3.8, 4) is 11.8 Å². The molecule has 1 aliphatic heterocycles. The average molecular weight is 293 g/mol. The van der Waals surface area contributed by atoms with Gasteiger partial charge in [0.1, 0.15) is 11.8 Å². The van der Waals surface area contributed by atoms with Crippen LogP contribution in [0.2, 0.25) is 0 Å².